The quantitative estimate of drug-likeness (QED) is 0.861. The van der Waals surface area contributed by atoms with E-state index in [0.29, 0.717) is 28.7 Å². The number of benzene rings is 1. The lowest BCUT2D eigenvalue weighted by Crippen LogP contribution is -2.15. The number of hydrogen-bond donors (Lipinski definition) is 2. The minimum Gasteiger partial charge on any atom is -0.497 e. The van der Waals surface area contributed by atoms with Crippen LogP contribution in [0.25, 0.3) is 0 Å². The lowest BCUT2D eigenvalue weighted by molar-refractivity contribution is 0.395. The van der Waals surface area contributed by atoms with E-state index < -0.39 is 5.69 Å². The van der Waals surface area contributed by atoms with E-state index in [9.17, 15) is 4.79 Å². The van der Waals surface area contributed by atoms with Crippen molar-refractivity contribution in [3.8, 4) is 11.5 Å². The summed E-state index contributed by atoms with van der Waals surface area (Å²) in [7, 11) is 3.13. The number of hydrogen-bond acceptors (Lipinski definition) is 6. The van der Waals surface area contributed by atoms with Crippen molar-refractivity contribution >= 4 is 11.5 Å². The van der Waals surface area contributed by atoms with Crippen LogP contribution in [0.3, 0.4) is 0 Å². The Hall–Kier alpha value is -2.57. The zero-order chi connectivity index (χ0) is 13.8. The molecule has 2 rings (SSSR count). The van der Waals surface area contributed by atoms with Crippen LogP contribution in [0.15, 0.2) is 23.0 Å². The second-order valence-corrected chi connectivity index (χ2v) is 3.77. The van der Waals surface area contributed by atoms with E-state index >= 15 is 0 Å². The van der Waals surface area contributed by atoms with E-state index in [0.717, 1.165) is 0 Å². The first-order chi connectivity index (χ1) is 9.13. The van der Waals surface area contributed by atoms with Crippen LogP contribution in [0.5, 0.6) is 11.5 Å². The molecule has 1 heterocycles. The number of methoxy groups -OCH3 is 2. The second-order valence-electron chi connectivity index (χ2n) is 3.77. The average Bonchev–Trinajstić information content (AvgIpc) is 2.43. The molecule has 0 saturated heterocycles. The van der Waals surface area contributed by atoms with Gasteiger partial charge in [-0.3, -0.25) is 0 Å². The molecule has 0 aliphatic carbocycles. The Morgan fingerprint density at radius 3 is 2.74 bits per heavy atom. The molecule has 7 nitrogen and oxygen atoms in total. The minimum atomic E-state index is -0.513. The highest BCUT2D eigenvalue weighted by Gasteiger charge is 2.08. The zero-order valence-corrected chi connectivity index (χ0v) is 10.9. The van der Waals surface area contributed by atoms with Crippen molar-refractivity contribution in [1.29, 1.82) is 0 Å². The van der Waals surface area contributed by atoms with E-state index in [-0.39, 0.29) is 0 Å². The van der Waals surface area contributed by atoms with Crippen LogP contribution in [-0.4, -0.2) is 29.4 Å². The molecule has 100 valence electrons. The normalized spacial score (nSPS) is 10.1. The molecule has 2 N–H and O–H groups in total. The summed E-state index contributed by atoms with van der Waals surface area (Å²) in [5.41, 5.74) is 0.740. The average molecular weight is 262 g/mol. The van der Waals surface area contributed by atoms with Gasteiger partial charge < -0.3 is 14.8 Å². The van der Waals surface area contributed by atoms with E-state index in [1.807, 2.05) is 0 Å². The van der Waals surface area contributed by atoms with Crippen LogP contribution in [-0.2, 0) is 0 Å². The van der Waals surface area contributed by atoms with E-state index in [1.165, 1.54) is 0 Å². The molecule has 0 aliphatic heterocycles. The van der Waals surface area contributed by atoms with Crippen LogP contribution < -0.4 is 20.5 Å². The number of nitrogens with one attached hydrogen (secondary N) is 2. The number of nitrogens with zero attached hydrogens (tertiary/aromatic N) is 2. The first-order valence-corrected chi connectivity index (χ1v) is 5.56. The van der Waals surface area contributed by atoms with Gasteiger partial charge in [-0.1, -0.05) is 0 Å². The molecule has 0 bridgehead atoms. The molecule has 0 unspecified atom stereocenters. The Balaban J connectivity index is 2.37. The Morgan fingerprint density at radius 1 is 1.26 bits per heavy atom. The van der Waals surface area contributed by atoms with Crippen molar-refractivity contribution in [2.75, 3.05) is 19.5 Å². The Bertz CT molecular complexity index is 639. The van der Waals surface area contributed by atoms with Gasteiger partial charge in [0, 0.05) is 6.07 Å². The maximum atomic E-state index is 11.2. The Morgan fingerprint density at radius 2 is 2.05 bits per heavy atom. The summed E-state index contributed by atoms with van der Waals surface area (Å²) < 4.78 is 10.4. The number of aromatic nitrogens is 3. The van der Waals surface area contributed by atoms with Gasteiger partial charge in [0.2, 0.25) is 0 Å². The van der Waals surface area contributed by atoms with Crippen molar-refractivity contribution in [3.05, 3.63) is 34.4 Å². The Labute approximate surface area is 109 Å². The van der Waals surface area contributed by atoms with Gasteiger partial charge in [-0.15, -0.1) is 0 Å². The molecule has 1 aromatic heterocycles. The number of ether oxygens (including phenoxy) is 2. The van der Waals surface area contributed by atoms with Crippen LogP contribution in [0.2, 0.25) is 0 Å². The molecule has 0 saturated carbocycles. The molecular weight excluding hydrogens is 248 g/mol. The maximum Gasteiger partial charge on any atom is 0.363 e. The van der Waals surface area contributed by atoms with Crippen LogP contribution in [0.1, 0.15) is 5.69 Å². The highest BCUT2D eigenvalue weighted by Crippen LogP contribution is 2.31. The summed E-state index contributed by atoms with van der Waals surface area (Å²) in [6.45, 7) is 1.74. The van der Waals surface area contributed by atoms with Gasteiger partial charge in [0.15, 0.2) is 5.82 Å². The summed E-state index contributed by atoms with van der Waals surface area (Å²) >= 11 is 0. The predicted octanol–water partition coefficient (Wildman–Crippen LogP) is 1.23. The molecule has 7 heteroatoms. The minimum absolute atomic E-state index is 0.382. The molecule has 0 fully saturated rings. The Kier molecular flexibility index (Phi) is 3.65. The monoisotopic (exact) mass is 262 g/mol. The first kappa shape index (κ1) is 12.9. The molecule has 0 spiro atoms. The summed E-state index contributed by atoms with van der Waals surface area (Å²) in [5, 5.41) is 9.11. The number of rotatable bonds is 4. The third kappa shape index (κ3) is 2.82. The molecule has 0 atom stereocenters. The van der Waals surface area contributed by atoms with Crippen molar-refractivity contribution in [2.24, 2.45) is 0 Å². The number of aryl methyl sites for hydroxylation is 1. The van der Waals surface area contributed by atoms with Crippen molar-refractivity contribution in [2.45, 2.75) is 6.92 Å². The number of aromatic amines is 1. The van der Waals surface area contributed by atoms with Crippen LogP contribution >= 0.6 is 0 Å². The SMILES string of the molecule is COc1ccc(Nc2nc(=O)[nH]nc2C)c(OC)c1. The highest BCUT2D eigenvalue weighted by molar-refractivity contribution is 5.66. The van der Waals surface area contributed by atoms with Gasteiger partial charge in [0.1, 0.15) is 17.2 Å². The highest BCUT2D eigenvalue weighted by atomic mass is 16.5. The standard InChI is InChI=1S/C12H14N4O3/c1-7-11(14-12(17)16-15-7)13-9-5-4-8(18-2)6-10(9)19-3/h4-6H,1-3H3,(H2,13,14,16,17). The third-order valence-corrected chi connectivity index (χ3v) is 2.54. The fourth-order valence-electron chi connectivity index (χ4n) is 1.54. The third-order valence-electron chi connectivity index (χ3n) is 2.54. The van der Waals surface area contributed by atoms with Gasteiger partial charge >= 0.3 is 5.69 Å². The molecule has 1 aromatic carbocycles. The largest absolute Gasteiger partial charge is 0.497 e. The van der Waals surface area contributed by atoms with Gasteiger partial charge in [-0.2, -0.15) is 10.1 Å². The molecule has 0 aliphatic rings. The van der Waals surface area contributed by atoms with E-state index in [4.69, 9.17) is 9.47 Å². The van der Waals surface area contributed by atoms with Crippen LogP contribution in [0, 0.1) is 6.92 Å². The van der Waals surface area contributed by atoms with E-state index in [2.05, 4.69) is 20.5 Å². The molecular formula is C12H14N4O3. The van der Waals surface area contributed by atoms with Gasteiger partial charge in [-0.05, 0) is 19.1 Å². The van der Waals surface area contributed by atoms with Gasteiger partial charge in [0.05, 0.1) is 19.9 Å². The van der Waals surface area contributed by atoms with Gasteiger partial charge in [0.25, 0.3) is 0 Å². The zero-order valence-electron chi connectivity index (χ0n) is 10.9. The van der Waals surface area contributed by atoms with Crippen molar-refractivity contribution in [3.63, 3.8) is 0 Å². The molecule has 19 heavy (non-hydrogen) atoms. The predicted molar refractivity (Wildman–Crippen MR) is 70.2 cm³/mol. The fourth-order valence-corrected chi connectivity index (χ4v) is 1.54. The van der Waals surface area contributed by atoms with Crippen molar-refractivity contribution in [1.82, 2.24) is 15.2 Å². The smallest absolute Gasteiger partial charge is 0.363 e. The lowest BCUT2D eigenvalue weighted by Gasteiger charge is -2.12. The summed E-state index contributed by atoms with van der Waals surface area (Å²) in [4.78, 5) is 15.0. The van der Waals surface area contributed by atoms with Gasteiger partial charge in [-0.25, -0.2) is 9.89 Å². The molecule has 2 aromatic rings. The molecule has 0 radical (unpaired) electrons. The van der Waals surface area contributed by atoms with Crippen molar-refractivity contribution < 1.29 is 9.47 Å². The van der Waals surface area contributed by atoms with Crippen LogP contribution in [0.4, 0.5) is 11.5 Å². The van der Waals surface area contributed by atoms with E-state index in [1.54, 1.807) is 39.3 Å². The lowest BCUT2D eigenvalue weighted by atomic mass is 10.2. The number of H-pyrrole nitrogens is 1. The summed E-state index contributed by atoms with van der Waals surface area (Å²) in [5.74, 6) is 1.64. The second kappa shape index (κ2) is 5.38. The number of anilines is 2. The fraction of sp³-hybridized carbons (Fsp3) is 0.250. The molecule has 0 amide bonds. The summed E-state index contributed by atoms with van der Waals surface area (Å²) in [6.07, 6.45) is 0. The summed E-state index contributed by atoms with van der Waals surface area (Å²) in [6, 6.07) is 5.29. The maximum absolute atomic E-state index is 11.2. The first-order valence-electron chi connectivity index (χ1n) is 5.56. The topological polar surface area (TPSA) is 89.1 Å².